The molecule has 0 saturated carbocycles. The molecule has 0 fully saturated rings. The van der Waals surface area contributed by atoms with Crippen LogP contribution < -0.4 is 11.1 Å². The Balaban J connectivity index is 2.67. The second-order valence-corrected chi connectivity index (χ2v) is 5.68. The minimum absolute atomic E-state index is 0.0309. The molecule has 1 aromatic rings. The molecule has 0 saturated heterocycles. The number of hydrogen-bond donors (Lipinski definition) is 2. The summed E-state index contributed by atoms with van der Waals surface area (Å²) in [5.41, 5.74) is 7.48. The van der Waals surface area contributed by atoms with Crippen LogP contribution in [0, 0.1) is 23.2 Å². The summed E-state index contributed by atoms with van der Waals surface area (Å²) in [6.07, 6.45) is 0. The number of benzene rings is 1. The van der Waals surface area contributed by atoms with Crippen LogP contribution in [0.2, 0.25) is 0 Å². The van der Waals surface area contributed by atoms with Crippen LogP contribution in [0.15, 0.2) is 47.4 Å². The van der Waals surface area contributed by atoms with Gasteiger partial charge in [0.25, 0.3) is 5.91 Å². The van der Waals surface area contributed by atoms with Crippen molar-refractivity contribution in [3.8, 4) is 6.07 Å². The number of amides is 1. The standard InChI is InChI=1S/C18H21N3O2/c1-4-21-18(22)15-14(11(2)3)13(10-19)17(20)23-16(15)12-8-6-5-7-9-12/h5-9,11,14H,4,20H2,1-3H3,(H,21,22). The van der Waals surface area contributed by atoms with Crippen molar-refractivity contribution in [3.63, 3.8) is 0 Å². The van der Waals surface area contributed by atoms with Crippen molar-refractivity contribution in [2.24, 2.45) is 17.6 Å². The van der Waals surface area contributed by atoms with Gasteiger partial charge in [0.05, 0.1) is 11.1 Å². The topological polar surface area (TPSA) is 88.1 Å². The lowest BCUT2D eigenvalue weighted by Crippen LogP contribution is -2.35. The Morgan fingerprint density at radius 1 is 1.39 bits per heavy atom. The Kier molecular flexibility index (Phi) is 5.07. The zero-order valence-electron chi connectivity index (χ0n) is 13.6. The first kappa shape index (κ1) is 16.6. The highest BCUT2D eigenvalue weighted by molar-refractivity contribution is 6.01. The lowest BCUT2D eigenvalue weighted by atomic mass is 9.79. The summed E-state index contributed by atoms with van der Waals surface area (Å²) >= 11 is 0. The third-order valence-electron chi connectivity index (χ3n) is 3.75. The van der Waals surface area contributed by atoms with Gasteiger partial charge in [-0.1, -0.05) is 44.2 Å². The summed E-state index contributed by atoms with van der Waals surface area (Å²) in [5, 5.41) is 12.3. The highest BCUT2D eigenvalue weighted by Crippen LogP contribution is 2.39. The van der Waals surface area contributed by atoms with Gasteiger partial charge in [-0.2, -0.15) is 5.26 Å². The summed E-state index contributed by atoms with van der Waals surface area (Å²) in [4.78, 5) is 12.6. The average molecular weight is 311 g/mol. The first-order valence-corrected chi connectivity index (χ1v) is 7.66. The average Bonchev–Trinajstić information content (AvgIpc) is 2.54. The molecule has 3 N–H and O–H groups in total. The lowest BCUT2D eigenvalue weighted by molar-refractivity contribution is -0.118. The molecule has 5 nitrogen and oxygen atoms in total. The van der Waals surface area contributed by atoms with Crippen LogP contribution in [-0.4, -0.2) is 12.5 Å². The highest BCUT2D eigenvalue weighted by Gasteiger charge is 2.37. The first-order chi connectivity index (χ1) is 11.0. The number of rotatable bonds is 4. The summed E-state index contributed by atoms with van der Waals surface area (Å²) < 4.78 is 5.69. The van der Waals surface area contributed by atoms with E-state index in [0.717, 1.165) is 5.56 Å². The fourth-order valence-electron chi connectivity index (χ4n) is 2.75. The van der Waals surface area contributed by atoms with E-state index in [4.69, 9.17) is 10.5 Å². The first-order valence-electron chi connectivity index (χ1n) is 7.66. The molecule has 0 radical (unpaired) electrons. The van der Waals surface area contributed by atoms with Gasteiger partial charge in [0.2, 0.25) is 5.88 Å². The van der Waals surface area contributed by atoms with Gasteiger partial charge < -0.3 is 15.8 Å². The van der Waals surface area contributed by atoms with E-state index in [2.05, 4.69) is 11.4 Å². The molecular formula is C18H21N3O2. The van der Waals surface area contributed by atoms with Crippen LogP contribution in [0.4, 0.5) is 0 Å². The van der Waals surface area contributed by atoms with Crippen molar-refractivity contribution >= 4 is 11.7 Å². The Labute approximate surface area is 136 Å². The van der Waals surface area contributed by atoms with Gasteiger partial charge in [-0.25, -0.2) is 0 Å². The second-order valence-electron chi connectivity index (χ2n) is 5.68. The monoisotopic (exact) mass is 311 g/mol. The highest BCUT2D eigenvalue weighted by atomic mass is 16.5. The maximum absolute atomic E-state index is 12.6. The zero-order valence-corrected chi connectivity index (χ0v) is 13.6. The van der Waals surface area contributed by atoms with Gasteiger partial charge >= 0.3 is 0 Å². The Bertz CT molecular complexity index is 697. The number of allylic oxidation sites excluding steroid dienone is 1. The minimum atomic E-state index is -0.393. The number of carbonyl (C=O) groups excluding carboxylic acids is 1. The van der Waals surface area contributed by atoms with E-state index in [9.17, 15) is 10.1 Å². The number of nitrogens with two attached hydrogens (primary N) is 1. The molecule has 1 heterocycles. The molecule has 0 spiro atoms. The quantitative estimate of drug-likeness (QED) is 0.894. The third kappa shape index (κ3) is 3.21. The van der Waals surface area contributed by atoms with E-state index < -0.39 is 5.92 Å². The number of nitrogens with zero attached hydrogens (tertiary/aromatic N) is 1. The minimum Gasteiger partial charge on any atom is -0.439 e. The van der Waals surface area contributed by atoms with Gasteiger partial charge in [-0.3, -0.25) is 4.79 Å². The second kappa shape index (κ2) is 7.01. The number of ether oxygens (including phenoxy) is 1. The van der Waals surface area contributed by atoms with Crippen molar-refractivity contribution in [3.05, 3.63) is 52.9 Å². The predicted molar refractivity (Wildman–Crippen MR) is 88.3 cm³/mol. The van der Waals surface area contributed by atoms with Gasteiger partial charge in [0.15, 0.2) is 0 Å². The Morgan fingerprint density at radius 3 is 2.57 bits per heavy atom. The molecule has 0 aliphatic carbocycles. The smallest absolute Gasteiger partial charge is 0.251 e. The van der Waals surface area contributed by atoms with Crippen LogP contribution in [0.3, 0.4) is 0 Å². The maximum atomic E-state index is 12.6. The van der Waals surface area contributed by atoms with E-state index in [1.807, 2.05) is 51.1 Å². The van der Waals surface area contributed by atoms with E-state index in [1.54, 1.807) is 0 Å². The molecule has 23 heavy (non-hydrogen) atoms. The number of nitrogens with one attached hydrogen (secondary N) is 1. The van der Waals surface area contributed by atoms with Gasteiger partial charge in [0, 0.05) is 18.0 Å². The van der Waals surface area contributed by atoms with Crippen molar-refractivity contribution < 1.29 is 9.53 Å². The third-order valence-corrected chi connectivity index (χ3v) is 3.75. The zero-order chi connectivity index (χ0) is 17.0. The molecule has 5 heteroatoms. The van der Waals surface area contributed by atoms with E-state index >= 15 is 0 Å². The molecule has 0 aromatic heterocycles. The van der Waals surface area contributed by atoms with Crippen molar-refractivity contribution in [1.29, 1.82) is 5.26 Å². The van der Waals surface area contributed by atoms with Crippen LogP contribution in [0.5, 0.6) is 0 Å². The SMILES string of the molecule is CCNC(=O)C1=C(c2ccccc2)OC(N)=C(C#N)C1C(C)C. The van der Waals surface area contributed by atoms with Crippen LogP contribution in [0.1, 0.15) is 26.3 Å². The van der Waals surface area contributed by atoms with Gasteiger partial charge in [-0.05, 0) is 12.8 Å². The van der Waals surface area contributed by atoms with E-state index in [0.29, 0.717) is 23.5 Å². The summed E-state index contributed by atoms with van der Waals surface area (Å²) in [7, 11) is 0. The molecule has 1 amide bonds. The summed E-state index contributed by atoms with van der Waals surface area (Å²) in [6, 6.07) is 11.4. The van der Waals surface area contributed by atoms with Crippen LogP contribution in [-0.2, 0) is 9.53 Å². The number of likely N-dealkylation sites (N-methyl/N-ethyl adjacent to an activating group) is 1. The molecule has 2 rings (SSSR count). The van der Waals surface area contributed by atoms with Gasteiger partial charge in [0.1, 0.15) is 11.8 Å². The predicted octanol–water partition coefficient (Wildman–Crippen LogP) is 2.53. The van der Waals surface area contributed by atoms with Crippen molar-refractivity contribution in [2.45, 2.75) is 20.8 Å². The Hall–Kier alpha value is -2.74. The normalized spacial score (nSPS) is 17.8. The molecule has 1 aliphatic heterocycles. The molecule has 1 aliphatic rings. The largest absolute Gasteiger partial charge is 0.439 e. The van der Waals surface area contributed by atoms with Gasteiger partial charge in [-0.15, -0.1) is 0 Å². The van der Waals surface area contributed by atoms with Crippen molar-refractivity contribution in [2.75, 3.05) is 6.54 Å². The molecule has 1 aromatic carbocycles. The lowest BCUT2D eigenvalue weighted by Gasteiger charge is -2.30. The summed E-state index contributed by atoms with van der Waals surface area (Å²) in [5.74, 6) is -0.103. The van der Waals surface area contributed by atoms with E-state index in [-0.39, 0.29) is 17.7 Å². The molecule has 1 atom stereocenters. The molecular weight excluding hydrogens is 290 g/mol. The molecule has 1 unspecified atom stereocenters. The fourth-order valence-corrected chi connectivity index (χ4v) is 2.75. The summed E-state index contributed by atoms with van der Waals surface area (Å²) in [6.45, 7) is 6.27. The maximum Gasteiger partial charge on any atom is 0.251 e. The fraction of sp³-hybridized carbons (Fsp3) is 0.333. The van der Waals surface area contributed by atoms with Crippen LogP contribution >= 0.6 is 0 Å². The number of carbonyl (C=O) groups is 1. The Morgan fingerprint density at radius 2 is 2.04 bits per heavy atom. The van der Waals surface area contributed by atoms with Crippen LogP contribution in [0.25, 0.3) is 5.76 Å². The van der Waals surface area contributed by atoms with E-state index in [1.165, 1.54) is 0 Å². The van der Waals surface area contributed by atoms with Crippen molar-refractivity contribution in [1.82, 2.24) is 5.32 Å². The number of hydrogen-bond acceptors (Lipinski definition) is 4. The molecule has 0 bridgehead atoms. The molecule has 120 valence electrons. The number of nitriles is 1.